The summed E-state index contributed by atoms with van der Waals surface area (Å²) in [6, 6.07) is 9.68. The van der Waals surface area contributed by atoms with E-state index in [1.54, 1.807) is 24.8 Å². The van der Waals surface area contributed by atoms with Crippen LogP contribution in [0.3, 0.4) is 0 Å². The minimum atomic E-state index is -0.944. The number of amides is 1. The van der Waals surface area contributed by atoms with Gasteiger partial charge in [-0.1, -0.05) is 6.92 Å². The lowest BCUT2D eigenvalue weighted by molar-refractivity contribution is -0.136. The first-order valence-electron chi connectivity index (χ1n) is 11.3. The topological polar surface area (TPSA) is 92.7 Å². The zero-order valence-corrected chi connectivity index (χ0v) is 22.4. The number of thioether (sulfide) groups is 1. The van der Waals surface area contributed by atoms with Crippen LogP contribution in [-0.2, 0) is 4.79 Å². The number of benzene rings is 1. The molecule has 4 rings (SSSR count). The van der Waals surface area contributed by atoms with Gasteiger partial charge >= 0.3 is 5.97 Å². The van der Waals surface area contributed by atoms with Crippen molar-refractivity contribution in [2.75, 3.05) is 12.3 Å². The van der Waals surface area contributed by atoms with E-state index in [0.717, 1.165) is 37.3 Å². The number of Topliss-reactive ketones (excluding diaryl/α,β-unsaturated/α-hetero) is 1. The molecule has 0 bridgehead atoms. The van der Waals surface area contributed by atoms with E-state index in [-0.39, 0.29) is 36.0 Å². The first-order valence-corrected chi connectivity index (χ1v) is 14.0. The summed E-state index contributed by atoms with van der Waals surface area (Å²) >= 11 is 4.60. The molecule has 2 aromatic heterocycles. The van der Waals surface area contributed by atoms with Crippen LogP contribution in [0.1, 0.15) is 72.5 Å². The first kappa shape index (κ1) is 25.5. The number of carboxylic acids is 1. The summed E-state index contributed by atoms with van der Waals surface area (Å²) < 4.78 is 6.53. The van der Waals surface area contributed by atoms with Crippen molar-refractivity contribution in [1.82, 2.24) is 5.32 Å². The zero-order chi connectivity index (χ0) is 25.3. The van der Waals surface area contributed by atoms with Crippen molar-refractivity contribution in [3.8, 4) is 16.2 Å². The van der Waals surface area contributed by atoms with E-state index >= 15 is 0 Å². The molecule has 0 aliphatic carbocycles. The van der Waals surface area contributed by atoms with Crippen LogP contribution in [0, 0.1) is 13.8 Å². The molecule has 2 unspecified atom stereocenters. The van der Waals surface area contributed by atoms with E-state index < -0.39 is 5.97 Å². The van der Waals surface area contributed by atoms with E-state index in [4.69, 9.17) is 9.84 Å². The number of rotatable bonds is 7. The van der Waals surface area contributed by atoms with E-state index in [9.17, 15) is 14.4 Å². The smallest absolute Gasteiger partial charge is 0.305 e. The number of nitrogens with one attached hydrogen (secondary N) is 1. The molecule has 1 aliphatic heterocycles. The molecular formula is C26H27NO5S3. The number of ether oxygens (including phenoxy) is 1. The van der Waals surface area contributed by atoms with Crippen LogP contribution in [0.15, 0.2) is 30.3 Å². The van der Waals surface area contributed by atoms with Gasteiger partial charge < -0.3 is 15.2 Å². The second-order valence-electron chi connectivity index (χ2n) is 8.61. The quantitative estimate of drug-likeness (QED) is 0.343. The summed E-state index contributed by atoms with van der Waals surface area (Å²) in [7, 11) is 0. The van der Waals surface area contributed by atoms with Crippen molar-refractivity contribution >= 4 is 52.1 Å². The molecule has 0 fully saturated rings. The Morgan fingerprint density at radius 2 is 1.86 bits per heavy atom. The first-order chi connectivity index (χ1) is 16.7. The molecule has 2 atom stereocenters. The molecule has 1 aliphatic rings. The number of carboxylic acid groups (broad SMARTS) is 1. The SMILES string of the molecule is CC(=O)c1ccc(-c2c(C)cc3c(c2C)C(C)CSC(c2ccc(C(=O)NCCC(=O)O)s2)O3)s1. The Hall–Kier alpha value is -2.62. The van der Waals surface area contributed by atoms with Gasteiger partial charge in [0.1, 0.15) is 5.75 Å². The summed E-state index contributed by atoms with van der Waals surface area (Å²) in [6.07, 6.45) is -0.109. The lowest BCUT2D eigenvalue weighted by Crippen LogP contribution is -2.25. The van der Waals surface area contributed by atoms with Crippen LogP contribution in [0.4, 0.5) is 0 Å². The molecular weight excluding hydrogens is 502 g/mol. The van der Waals surface area contributed by atoms with Gasteiger partial charge in [-0.3, -0.25) is 14.4 Å². The normalized spacial score (nSPS) is 17.3. The van der Waals surface area contributed by atoms with E-state index in [1.807, 2.05) is 18.2 Å². The number of ketones is 1. The Labute approximate surface area is 216 Å². The van der Waals surface area contributed by atoms with Gasteiger partial charge in [0, 0.05) is 22.7 Å². The fourth-order valence-electron chi connectivity index (χ4n) is 4.29. The number of hydrogen-bond acceptors (Lipinski definition) is 7. The molecule has 2 N–H and O–H groups in total. The summed E-state index contributed by atoms with van der Waals surface area (Å²) in [4.78, 5) is 38.2. The fourth-order valence-corrected chi connectivity index (χ4v) is 7.59. The van der Waals surface area contributed by atoms with E-state index in [1.165, 1.54) is 33.8 Å². The third-order valence-electron chi connectivity index (χ3n) is 5.92. The Morgan fingerprint density at radius 3 is 2.54 bits per heavy atom. The highest BCUT2D eigenvalue weighted by Crippen LogP contribution is 2.48. The number of thiophene rings is 2. The molecule has 1 amide bonds. The Balaban J connectivity index is 1.60. The maximum atomic E-state index is 12.4. The van der Waals surface area contributed by atoms with Crippen LogP contribution < -0.4 is 10.1 Å². The van der Waals surface area contributed by atoms with Gasteiger partial charge in [0.15, 0.2) is 11.2 Å². The molecule has 35 heavy (non-hydrogen) atoms. The van der Waals surface area contributed by atoms with Gasteiger partial charge in [-0.05, 0) is 73.7 Å². The molecule has 0 radical (unpaired) electrons. The zero-order valence-electron chi connectivity index (χ0n) is 20.0. The lowest BCUT2D eigenvalue weighted by atomic mass is 9.89. The molecule has 1 aromatic carbocycles. The van der Waals surface area contributed by atoms with Crippen molar-refractivity contribution in [3.63, 3.8) is 0 Å². The third kappa shape index (κ3) is 5.47. The van der Waals surface area contributed by atoms with Gasteiger partial charge in [-0.2, -0.15) is 0 Å². The van der Waals surface area contributed by atoms with Gasteiger partial charge in [-0.15, -0.1) is 34.4 Å². The van der Waals surface area contributed by atoms with Crippen LogP contribution in [0.5, 0.6) is 5.75 Å². The standard InChI is InChI=1S/C26H27NO5S3/c1-13-11-17-23(15(3)24(13)19-6-5-18(34-19)16(4)28)14(2)12-33-26(32-17)21-8-7-20(35-21)25(31)27-10-9-22(29)30/h5-8,11,14,26H,9-10,12H2,1-4H3,(H,27,31)(H,29,30). The molecule has 0 spiro atoms. The molecule has 184 valence electrons. The Kier molecular flexibility index (Phi) is 7.68. The number of aryl methyl sites for hydroxylation is 1. The Bertz CT molecular complexity index is 1290. The predicted octanol–water partition coefficient (Wildman–Crippen LogP) is 6.43. The van der Waals surface area contributed by atoms with Crippen LogP contribution in [0.2, 0.25) is 0 Å². The van der Waals surface area contributed by atoms with E-state index in [0.29, 0.717) is 4.88 Å². The highest BCUT2D eigenvalue weighted by Gasteiger charge is 2.29. The maximum Gasteiger partial charge on any atom is 0.305 e. The number of carbonyl (C=O) groups excluding carboxylic acids is 2. The average molecular weight is 530 g/mol. The number of hydrogen-bond donors (Lipinski definition) is 2. The summed E-state index contributed by atoms with van der Waals surface area (Å²) in [5.74, 6) is 0.851. The van der Waals surface area contributed by atoms with Gasteiger partial charge in [0.05, 0.1) is 21.1 Å². The van der Waals surface area contributed by atoms with Crippen molar-refractivity contribution in [2.24, 2.45) is 0 Å². The third-order valence-corrected chi connectivity index (χ3v) is 9.74. The minimum Gasteiger partial charge on any atom is -0.481 e. The van der Waals surface area contributed by atoms with E-state index in [2.05, 4.69) is 32.2 Å². The predicted molar refractivity (Wildman–Crippen MR) is 142 cm³/mol. The number of fused-ring (bicyclic) bond motifs is 1. The highest BCUT2D eigenvalue weighted by atomic mass is 32.2. The van der Waals surface area contributed by atoms with Crippen molar-refractivity contribution in [3.05, 3.63) is 61.7 Å². The Morgan fingerprint density at radius 1 is 1.11 bits per heavy atom. The monoisotopic (exact) mass is 529 g/mol. The second kappa shape index (κ2) is 10.6. The highest BCUT2D eigenvalue weighted by molar-refractivity contribution is 7.99. The number of carbonyl (C=O) groups is 3. The number of aliphatic carboxylic acids is 1. The van der Waals surface area contributed by atoms with Crippen molar-refractivity contribution in [2.45, 2.75) is 45.5 Å². The molecule has 0 saturated heterocycles. The van der Waals surface area contributed by atoms with Gasteiger partial charge in [0.25, 0.3) is 5.91 Å². The second-order valence-corrected chi connectivity index (χ2v) is 11.9. The van der Waals surface area contributed by atoms with Crippen LogP contribution in [-0.4, -0.2) is 35.1 Å². The summed E-state index contributed by atoms with van der Waals surface area (Å²) in [5, 5.41) is 11.4. The maximum absolute atomic E-state index is 12.4. The molecule has 6 nitrogen and oxygen atoms in total. The molecule has 3 aromatic rings. The van der Waals surface area contributed by atoms with Crippen LogP contribution >= 0.6 is 34.4 Å². The minimum absolute atomic E-state index is 0.0770. The summed E-state index contributed by atoms with van der Waals surface area (Å²) in [5.41, 5.74) is 4.38. The fraction of sp³-hybridized carbons (Fsp3) is 0.346. The summed E-state index contributed by atoms with van der Waals surface area (Å²) in [6.45, 7) is 8.09. The molecule has 0 saturated carbocycles. The molecule has 3 heterocycles. The van der Waals surface area contributed by atoms with Crippen molar-refractivity contribution in [1.29, 1.82) is 0 Å². The molecule has 9 heteroatoms. The average Bonchev–Trinajstić information content (AvgIpc) is 3.43. The lowest BCUT2D eigenvalue weighted by Gasteiger charge is -2.21. The van der Waals surface area contributed by atoms with Crippen LogP contribution in [0.25, 0.3) is 10.4 Å². The van der Waals surface area contributed by atoms with Crippen molar-refractivity contribution < 1.29 is 24.2 Å². The van der Waals surface area contributed by atoms with Gasteiger partial charge in [0.2, 0.25) is 0 Å². The largest absolute Gasteiger partial charge is 0.481 e. The van der Waals surface area contributed by atoms with Gasteiger partial charge in [-0.25, -0.2) is 0 Å².